The quantitative estimate of drug-likeness (QED) is 0.249. The Morgan fingerprint density at radius 1 is 0.688 bits per heavy atom. The van der Waals surface area contributed by atoms with Crippen LogP contribution in [0.1, 0.15) is 44.7 Å². The third kappa shape index (κ3) is 5.48. The van der Waals surface area contributed by atoms with E-state index >= 15 is 0 Å². The highest BCUT2D eigenvalue weighted by Crippen LogP contribution is 2.24. The van der Waals surface area contributed by atoms with Crippen LogP contribution in [0.3, 0.4) is 0 Å². The first-order valence-corrected chi connectivity index (χ1v) is 10.6. The molecule has 0 bridgehead atoms. The molecule has 1 atom stereocenters. The number of hydrogen-bond acceptors (Lipinski definition) is 5. The first-order chi connectivity index (χ1) is 15.7. The Labute approximate surface area is 187 Å². The van der Waals surface area contributed by atoms with Crippen LogP contribution in [0.4, 0.5) is 0 Å². The zero-order valence-corrected chi connectivity index (χ0v) is 17.7. The van der Waals surface area contributed by atoms with Crippen LogP contribution in [0.5, 0.6) is 0 Å². The lowest BCUT2D eigenvalue weighted by molar-refractivity contribution is -0.241. The average Bonchev–Trinajstić information content (AvgIpc) is 3.08. The molecule has 2 amide bonds. The number of hydrogen-bond donors (Lipinski definition) is 0. The van der Waals surface area contributed by atoms with Crippen LogP contribution < -0.4 is 0 Å². The van der Waals surface area contributed by atoms with Crippen LogP contribution in [-0.4, -0.2) is 29.8 Å². The van der Waals surface area contributed by atoms with Crippen LogP contribution in [-0.2, 0) is 27.5 Å². The van der Waals surface area contributed by atoms with Gasteiger partial charge in [0, 0.05) is 13.0 Å². The third-order valence-corrected chi connectivity index (χ3v) is 5.10. The molecule has 0 aliphatic carbocycles. The van der Waals surface area contributed by atoms with Crippen LogP contribution in [0.15, 0.2) is 84.9 Å². The molecule has 6 nitrogen and oxygen atoms in total. The van der Waals surface area contributed by atoms with E-state index < -0.39 is 18.1 Å². The van der Waals surface area contributed by atoms with Gasteiger partial charge < -0.3 is 9.47 Å². The number of rotatable bonds is 11. The van der Waals surface area contributed by atoms with Gasteiger partial charge >= 0.3 is 0 Å². The van der Waals surface area contributed by atoms with E-state index in [1.165, 1.54) is 0 Å². The fraction of sp³-hybridized carbons (Fsp3) is 0.231. The molecular formula is C26H25NO5. The summed E-state index contributed by atoms with van der Waals surface area (Å²) in [4.78, 5) is 31.1. The molecule has 0 radical (unpaired) electrons. The third-order valence-electron chi connectivity index (χ3n) is 5.10. The summed E-state index contributed by atoms with van der Waals surface area (Å²) in [5, 5.41) is 0.811. The molecule has 1 unspecified atom stereocenters. The summed E-state index contributed by atoms with van der Waals surface area (Å²) >= 11 is 0. The smallest absolute Gasteiger partial charge is 0.285 e. The van der Waals surface area contributed by atoms with Crippen LogP contribution in [0.25, 0.3) is 0 Å². The average molecular weight is 431 g/mol. The molecule has 3 aromatic rings. The number of imide groups is 1. The summed E-state index contributed by atoms with van der Waals surface area (Å²) in [5.74, 6) is -0.946. The predicted octanol–water partition coefficient (Wildman–Crippen LogP) is 4.75. The van der Waals surface area contributed by atoms with Crippen molar-refractivity contribution in [3.8, 4) is 0 Å². The van der Waals surface area contributed by atoms with Crippen molar-refractivity contribution < 1.29 is 23.9 Å². The summed E-state index contributed by atoms with van der Waals surface area (Å²) < 4.78 is 11.7. The molecule has 0 saturated heterocycles. The van der Waals surface area contributed by atoms with Gasteiger partial charge in [-0.1, -0.05) is 72.8 Å². The summed E-state index contributed by atoms with van der Waals surface area (Å²) in [6.45, 7) is 1.33. The van der Waals surface area contributed by atoms with Crippen molar-refractivity contribution in [1.82, 2.24) is 5.06 Å². The fourth-order valence-electron chi connectivity index (χ4n) is 3.43. The maximum Gasteiger partial charge on any atom is 0.285 e. The molecule has 32 heavy (non-hydrogen) atoms. The number of fused-ring (bicyclic) bond motifs is 1. The van der Waals surface area contributed by atoms with Gasteiger partial charge in [0.2, 0.25) is 0 Å². The van der Waals surface area contributed by atoms with Crippen molar-refractivity contribution in [1.29, 1.82) is 0 Å². The number of carbonyl (C=O) groups is 2. The second-order valence-corrected chi connectivity index (χ2v) is 7.46. The molecule has 6 heteroatoms. The zero-order chi connectivity index (χ0) is 22.2. The minimum Gasteiger partial charge on any atom is -0.377 e. The number of hydroxylamine groups is 2. The summed E-state index contributed by atoms with van der Waals surface area (Å²) in [6.07, 6.45) is 0.350. The summed E-state index contributed by atoms with van der Waals surface area (Å²) in [6, 6.07) is 26.3. The number of amides is 2. The number of ether oxygens (including phenoxy) is 2. The lowest BCUT2D eigenvalue weighted by atomic mass is 10.1. The second-order valence-electron chi connectivity index (χ2n) is 7.46. The Bertz CT molecular complexity index is 1000. The van der Waals surface area contributed by atoms with E-state index in [9.17, 15) is 9.59 Å². The fourth-order valence-corrected chi connectivity index (χ4v) is 3.43. The molecule has 4 rings (SSSR count). The van der Waals surface area contributed by atoms with Gasteiger partial charge in [0.25, 0.3) is 11.8 Å². The Kier molecular flexibility index (Phi) is 7.40. The molecule has 164 valence electrons. The molecule has 0 fully saturated rings. The van der Waals surface area contributed by atoms with E-state index in [0.29, 0.717) is 43.8 Å². The Balaban J connectivity index is 1.34. The van der Waals surface area contributed by atoms with Crippen molar-refractivity contribution >= 4 is 11.8 Å². The molecule has 0 aromatic heterocycles. The monoisotopic (exact) mass is 431 g/mol. The van der Waals surface area contributed by atoms with Gasteiger partial charge in [0.15, 0.2) is 6.29 Å². The van der Waals surface area contributed by atoms with E-state index in [-0.39, 0.29) is 0 Å². The summed E-state index contributed by atoms with van der Waals surface area (Å²) in [7, 11) is 0. The van der Waals surface area contributed by atoms with E-state index in [1.807, 2.05) is 60.7 Å². The molecule has 0 saturated carbocycles. The lowest BCUT2D eigenvalue weighted by Gasteiger charge is -2.22. The van der Waals surface area contributed by atoms with Gasteiger partial charge in [-0.25, -0.2) is 4.84 Å². The molecule has 1 aliphatic heterocycles. The van der Waals surface area contributed by atoms with Crippen molar-refractivity contribution in [3.05, 3.63) is 107 Å². The van der Waals surface area contributed by atoms with Gasteiger partial charge in [-0.15, -0.1) is 5.06 Å². The van der Waals surface area contributed by atoms with Gasteiger partial charge in [-0.2, -0.15) is 0 Å². The molecular weight excluding hydrogens is 406 g/mol. The maximum atomic E-state index is 12.6. The van der Waals surface area contributed by atoms with Gasteiger partial charge in [0.1, 0.15) is 0 Å². The molecule has 3 aromatic carbocycles. The molecule has 1 heterocycles. The Morgan fingerprint density at radius 2 is 1.22 bits per heavy atom. The SMILES string of the molecule is O=C1c2ccccc2C(=O)N1OC(CCCOCc1ccccc1)OCc1ccccc1. The minimum atomic E-state index is -0.766. The number of carbonyl (C=O) groups excluding carboxylic acids is 2. The highest BCUT2D eigenvalue weighted by molar-refractivity contribution is 6.20. The second kappa shape index (κ2) is 10.8. The summed E-state index contributed by atoms with van der Waals surface area (Å²) in [5.41, 5.74) is 2.76. The standard InChI is InChI=1S/C26H25NO5/c28-25-22-14-7-8-15-23(22)26(29)27(25)32-24(31-19-21-12-5-2-6-13-21)16-9-17-30-18-20-10-3-1-4-11-20/h1-8,10-15,24H,9,16-19H2. The number of benzene rings is 3. The van der Waals surface area contributed by atoms with Crippen molar-refractivity contribution in [3.63, 3.8) is 0 Å². The predicted molar refractivity (Wildman–Crippen MR) is 118 cm³/mol. The van der Waals surface area contributed by atoms with Gasteiger partial charge in [-0.05, 0) is 29.7 Å². The normalized spacial score (nSPS) is 13.9. The van der Waals surface area contributed by atoms with E-state index in [2.05, 4.69) is 0 Å². The highest BCUT2D eigenvalue weighted by Gasteiger charge is 2.38. The van der Waals surface area contributed by atoms with E-state index in [0.717, 1.165) is 16.2 Å². The Hall–Kier alpha value is -3.32. The lowest BCUT2D eigenvalue weighted by Crippen LogP contribution is -2.36. The topological polar surface area (TPSA) is 65.1 Å². The zero-order valence-electron chi connectivity index (χ0n) is 17.7. The first kappa shape index (κ1) is 21.9. The van der Waals surface area contributed by atoms with Crippen LogP contribution >= 0.6 is 0 Å². The number of nitrogens with zero attached hydrogens (tertiary/aromatic N) is 1. The van der Waals surface area contributed by atoms with E-state index in [4.69, 9.17) is 14.3 Å². The molecule has 0 N–H and O–H groups in total. The molecule has 0 spiro atoms. The van der Waals surface area contributed by atoms with Crippen molar-refractivity contribution in [2.45, 2.75) is 32.3 Å². The van der Waals surface area contributed by atoms with Crippen LogP contribution in [0.2, 0.25) is 0 Å². The molecule has 1 aliphatic rings. The van der Waals surface area contributed by atoms with Gasteiger partial charge in [-0.3, -0.25) is 9.59 Å². The maximum absolute atomic E-state index is 12.6. The van der Waals surface area contributed by atoms with Crippen molar-refractivity contribution in [2.75, 3.05) is 6.61 Å². The first-order valence-electron chi connectivity index (χ1n) is 10.6. The largest absolute Gasteiger partial charge is 0.377 e. The van der Waals surface area contributed by atoms with Crippen LogP contribution in [0, 0.1) is 0 Å². The Morgan fingerprint density at radius 3 is 1.81 bits per heavy atom. The minimum absolute atomic E-state index is 0.305. The van der Waals surface area contributed by atoms with Gasteiger partial charge in [0.05, 0.1) is 24.3 Å². The van der Waals surface area contributed by atoms with E-state index in [1.54, 1.807) is 24.3 Å². The highest BCUT2D eigenvalue weighted by atomic mass is 16.8. The van der Waals surface area contributed by atoms with Crippen molar-refractivity contribution in [2.24, 2.45) is 0 Å².